The van der Waals surface area contributed by atoms with E-state index in [0.717, 1.165) is 30.5 Å². The van der Waals surface area contributed by atoms with Gasteiger partial charge < -0.3 is 14.7 Å². The lowest BCUT2D eigenvalue weighted by Gasteiger charge is -2.44. The summed E-state index contributed by atoms with van der Waals surface area (Å²) >= 11 is 0. The minimum absolute atomic E-state index is 0.139. The molecule has 1 saturated carbocycles. The maximum Gasteiger partial charge on any atom is 0.416 e. The van der Waals surface area contributed by atoms with Crippen LogP contribution in [0.25, 0.3) is 0 Å². The van der Waals surface area contributed by atoms with E-state index in [2.05, 4.69) is 27.0 Å². The van der Waals surface area contributed by atoms with Crippen LogP contribution in [-0.2, 0) is 21.6 Å². The second-order valence-corrected chi connectivity index (χ2v) is 11.5. The minimum atomic E-state index is -1.14. The van der Waals surface area contributed by atoms with E-state index in [1.807, 2.05) is 31.3 Å². The van der Waals surface area contributed by atoms with E-state index in [1.165, 1.54) is 17.3 Å². The molecule has 5 rings (SSSR count). The molecule has 0 radical (unpaired) electrons. The Bertz CT molecular complexity index is 1330. The molecule has 2 aromatic rings. The monoisotopic (exact) mass is 515 g/mol. The van der Waals surface area contributed by atoms with Crippen molar-refractivity contribution in [2.24, 2.45) is 5.41 Å². The third kappa shape index (κ3) is 4.88. The van der Waals surface area contributed by atoms with E-state index in [4.69, 9.17) is 4.74 Å². The summed E-state index contributed by atoms with van der Waals surface area (Å²) < 4.78 is 5.98. The largest absolute Gasteiger partial charge is 0.441 e. The molecule has 1 aromatic heterocycles. The summed E-state index contributed by atoms with van der Waals surface area (Å²) in [7, 11) is 0. The first-order chi connectivity index (χ1) is 18.0. The SMILES string of the molecule is CC(C)(O)c1cnc(N2C[C@@]3(CCC(=O)[C@](C)(CN4/C=C/CCCc5ccc(C#N)cc54)C3)OC2=O)cn1. The minimum Gasteiger partial charge on any atom is -0.441 e. The van der Waals surface area contributed by atoms with Crippen LogP contribution in [-0.4, -0.2) is 45.6 Å². The Hall–Kier alpha value is -3.77. The first-order valence-corrected chi connectivity index (χ1v) is 13.1. The lowest BCUT2D eigenvalue weighted by molar-refractivity contribution is -0.137. The van der Waals surface area contributed by atoms with Gasteiger partial charge in [-0.2, -0.15) is 5.26 Å². The molecule has 9 nitrogen and oxygen atoms in total. The average Bonchev–Trinajstić information content (AvgIpc) is 3.19. The highest BCUT2D eigenvalue weighted by atomic mass is 16.6. The molecule has 38 heavy (non-hydrogen) atoms. The summed E-state index contributed by atoms with van der Waals surface area (Å²) in [4.78, 5) is 38.5. The molecular formula is C29H33N5O4. The third-order valence-corrected chi connectivity index (χ3v) is 7.85. The van der Waals surface area contributed by atoms with E-state index < -0.39 is 22.7 Å². The van der Waals surface area contributed by atoms with Crippen LogP contribution < -0.4 is 9.80 Å². The molecule has 2 aliphatic heterocycles. The van der Waals surface area contributed by atoms with Crippen LogP contribution in [0.3, 0.4) is 0 Å². The van der Waals surface area contributed by atoms with Crippen molar-refractivity contribution in [2.45, 2.75) is 70.5 Å². The number of anilines is 2. The first-order valence-electron chi connectivity index (χ1n) is 13.1. The number of aryl methyl sites for hydroxylation is 1. The van der Waals surface area contributed by atoms with Gasteiger partial charge in [0.15, 0.2) is 5.82 Å². The fourth-order valence-corrected chi connectivity index (χ4v) is 5.80. The molecule has 1 saturated heterocycles. The number of aromatic nitrogens is 2. The Morgan fingerprint density at radius 3 is 2.74 bits per heavy atom. The Labute approximate surface area is 222 Å². The van der Waals surface area contributed by atoms with Crippen molar-refractivity contribution >= 4 is 23.4 Å². The number of hydrogen-bond acceptors (Lipinski definition) is 8. The molecule has 0 unspecified atom stereocenters. The summed E-state index contributed by atoms with van der Waals surface area (Å²) in [5.41, 5.74) is 0.352. The Balaban J connectivity index is 1.40. The summed E-state index contributed by atoms with van der Waals surface area (Å²) in [6.07, 6.45) is 10.5. The van der Waals surface area contributed by atoms with Crippen molar-refractivity contribution in [3.63, 3.8) is 0 Å². The number of nitrogens with zero attached hydrogens (tertiary/aromatic N) is 5. The van der Waals surface area contributed by atoms with Gasteiger partial charge in [0.25, 0.3) is 0 Å². The predicted molar refractivity (Wildman–Crippen MR) is 141 cm³/mol. The average molecular weight is 516 g/mol. The zero-order chi connectivity index (χ0) is 27.1. The highest BCUT2D eigenvalue weighted by molar-refractivity contribution is 5.91. The lowest BCUT2D eigenvalue weighted by Crippen LogP contribution is -2.52. The van der Waals surface area contributed by atoms with Crippen LogP contribution in [0.5, 0.6) is 0 Å². The number of amides is 1. The highest BCUT2D eigenvalue weighted by Crippen LogP contribution is 2.46. The van der Waals surface area contributed by atoms with Crippen molar-refractivity contribution < 1.29 is 19.4 Å². The van der Waals surface area contributed by atoms with Crippen molar-refractivity contribution in [3.05, 3.63) is 59.7 Å². The van der Waals surface area contributed by atoms with Crippen molar-refractivity contribution in [2.75, 3.05) is 22.9 Å². The topological polar surface area (TPSA) is 120 Å². The van der Waals surface area contributed by atoms with Gasteiger partial charge in [-0.25, -0.2) is 9.78 Å². The molecular weight excluding hydrogens is 482 g/mol. The van der Waals surface area contributed by atoms with Crippen LogP contribution in [0.1, 0.15) is 69.7 Å². The molecule has 1 aromatic carbocycles. The number of aliphatic hydroxyl groups is 1. The molecule has 9 heteroatoms. The Kier molecular flexibility index (Phi) is 6.48. The predicted octanol–water partition coefficient (Wildman–Crippen LogP) is 4.39. The summed E-state index contributed by atoms with van der Waals surface area (Å²) in [5, 5.41) is 19.7. The number of benzene rings is 1. The lowest BCUT2D eigenvalue weighted by atomic mass is 9.67. The van der Waals surface area contributed by atoms with Gasteiger partial charge in [0, 0.05) is 36.7 Å². The van der Waals surface area contributed by atoms with Crippen molar-refractivity contribution in [1.82, 2.24) is 9.97 Å². The quantitative estimate of drug-likeness (QED) is 0.637. The fraction of sp³-hybridized carbons (Fsp3) is 0.483. The van der Waals surface area contributed by atoms with Crippen molar-refractivity contribution in [1.29, 1.82) is 5.26 Å². The van der Waals surface area contributed by atoms with Crippen LogP contribution in [0.4, 0.5) is 16.3 Å². The number of allylic oxidation sites excluding steroid dienone is 1. The van der Waals surface area contributed by atoms with E-state index >= 15 is 0 Å². The number of Topliss-reactive ketones (excluding diaryl/α,β-unsaturated/α-hetero) is 1. The fourth-order valence-electron chi connectivity index (χ4n) is 5.80. The smallest absolute Gasteiger partial charge is 0.416 e. The van der Waals surface area contributed by atoms with E-state index in [0.29, 0.717) is 42.9 Å². The molecule has 3 aliphatic rings. The number of rotatable bonds is 4. The normalized spacial score (nSPS) is 26.4. The van der Waals surface area contributed by atoms with Gasteiger partial charge in [-0.3, -0.25) is 14.7 Å². The number of ketones is 1. The van der Waals surface area contributed by atoms with Gasteiger partial charge in [0.2, 0.25) is 0 Å². The van der Waals surface area contributed by atoms with Gasteiger partial charge in [-0.1, -0.05) is 19.1 Å². The van der Waals surface area contributed by atoms with Gasteiger partial charge in [0.05, 0.1) is 36.3 Å². The summed E-state index contributed by atoms with van der Waals surface area (Å²) in [5.74, 6) is 0.489. The van der Waals surface area contributed by atoms with Crippen molar-refractivity contribution in [3.8, 4) is 6.07 Å². The van der Waals surface area contributed by atoms with Gasteiger partial charge >= 0.3 is 6.09 Å². The third-order valence-electron chi connectivity index (χ3n) is 7.85. The second-order valence-electron chi connectivity index (χ2n) is 11.5. The Morgan fingerprint density at radius 1 is 1.21 bits per heavy atom. The van der Waals surface area contributed by atoms with Crippen LogP contribution >= 0.6 is 0 Å². The standard InChI is InChI=1S/C29H33N5O4/c1-27(2,37)23-15-32-25(16-31-23)34-19-29(38-26(34)36)11-10-24(35)28(3,17-29)18-33-12-6-4-5-7-21-9-8-20(14-30)13-22(21)33/h6,8-9,12-13,15-16,37H,4-5,7,10-11,17-19H2,1-3H3/b12-6+/t28-,29-/m0/s1. The molecule has 1 aliphatic carbocycles. The van der Waals surface area contributed by atoms with Gasteiger partial charge in [-0.05, 0) is 57.2 Å². The van der Waals surface area contributed by atoms with Gasteiger partial charge in [-0.15, -0.1) is 0 Å². The zero-order valence-corrected chi connectivity index (χ0v) is 22.1. The maximum atomic E-state index is 13.4. The first kappa shape index (κ1) is 25.9. The Morgan fingerprint density at radius 2 is 2.03 bits per heavy atom. The molecule has 198 valence electrons. The molecule has 2 fully saturated rings. The number of ether oxygens (including phenoxy) is 1. The van der Waals surface area contributed by atoms with E-state index in [-0.39, 0.29) is 12.3 Å². The number of carbonyl (C=O) groups excluding carboxylic acids is 2. The van der Waals surface area contributed by atoms with Gasteiger partial charge in [0.1, 0.15) is 17.0 Å². The van der Waals surface area contributed by atoms with E-state index in [9.17, 15) is 20.0 Å². The molecule has 2 atom stereocenters. The summed E-state index contributed by atoms with van der Waals surface area (Å²) in [6, 6.07) is 7.97. The maximum absolute atomic E-state index is 13.4. The molecule has 3 heterocycles. The molecule has 1 N–H and O–H groups in total. The van der Waals surface area contributed by atoms with Crippen LogP contribution in [0.2, 0.25) is 0 Å². The zero-order valence-electron chi connectivity index (χ0n) is 22.1. The van der Waals surface area contributed by atoms with E-state index in [1.54, 1.807) is 13.8 Å². The number of carbonyl (C=O) groups is 2. The molecule has 1 amide bonds. The van der Waals surface area contributed by atoms with Crippen LogP contribution in [0.15, 0.2) is 42.9 Å². The number of hydrogen-bond donors (Lipinski definition) is 1. The number of fused-ring (bicyclic) bond motifs is 1. The second kappa shape index (κ2) is 9.52. The number of nitriles is 1. The molecule has 1 spiro atoms. The molecule has 0 bridgehead atoms. The van der Waals surface area contributed by atoms with Crippen LogP contribution in [0, 0.1) is 16.7 Å². The summed E-state index contributed by atoms with van der Waals surface area (Å²) in [6.45, 7) is 5.89. The highest BCUT2D eigenvalue weighted by Gasteiger charge is 2.55.